The van der Waals surface area contributed by atoms with E-state index in [0.717, 1.165) is 32.0 Å². The predicted molar refractivity (Wildman–Crippen MR) is 88.8 cm³/mol. The third-order valence-electron chi connectivity index (χ3n) is 4.25. The van der Waals surface area contributed by atoms with E-state index in [-0.39, 0.29) is 0 Å². The molecule has 1 saturated heterocycles. The molecule has 0 unspecified atom stereocenters. The first-order chi connectivity index (χ1) is 10.9. The van der Waals surface area contributed by atoms with Gasteiger partial charge in [-0.2, -0.15) is 0 Å². The molecule has 3 heterocycles. The van der Waals surface area contributed by atoms with Crippen LogP contribution in [-0.2, 0) is 13.1 Å². The van der Waals surface area contributed by atoms with Crippen LogP contribution in [0.2, 0.25) is 0 Å². The number of aromatic nitrogens is 1. The molecule has 4 nitrogen and oxygen atoms in total. The molecule has 0 amide bonds. The number of pyridine rings is 1. The highest BCUT2D eigenvalue weighted by molar-refractivity contribution is 5.46. The van der Waals surface area contributed by atoms with Crippen LogP contribution in [0.3, 0.4) is 0 Å². The number of nitrogens with one attached hydrogen (secondary N) is 1. The maximum atomic E-state index is 5.10. The Balaban J connectivity index is 1.63. The lowest BCUT2D eigenvalue weighted by atomic mass is 10.1. The summed E-state index contributed by atoms with van der Waals surface area (Å²) in [4.78, 5) is 7.12. The first-order valence-electron chi connectivity index (χ1n) is 8.34. The number of nitrogens with zero attached hydrogens (tertiary/aromatic N) is 2. The van der Waals surface area contributed by atoms with E-state index in [1.165, 1.54) is 43.2 Å². The first-order valence-corrected chi connectivity index (χ1v) is 8.34. The highest BCUT2D eigenvalue weighted by atomic mass is 16.3. The summed E-state index contributed by atoms with van der Waals surface area (Å²) >= 11 is 0. The molecule has 4 heteroatoms. The maximum absolute atomic E-state index is 5.10. The molecular formula is C18H25N3O. The van der Waals surface area contributed by atoms with Crippen LogP contribution in [0.4, 0.5) is 5.82 Å². The Morgan fingerprint density at radius 2 is 1.86 bits per heavy atom. The molecule has 2 aromatic heterocycles. The Kier molecular flexibility index (Phi) is 5.48. The van der Waals surface area contributed by atoms with Crippen LogP contribution in [-0.4, -0.2) is 18.1 Å². The van der Waals surface area contributed by atoms with Crippen molar-refractivity contribution in [2.24, 2.45) is 0 Å². The van der Waals surface area contributed by atoms with Crippen LogP contribution >= 0.6 is 0 Å². The van der Waals surface area contributed by atoms with Gasteiger partial charge in [-0.25, -0.2) is 4.98 Å². The summed E-state index contributed by atoms with van der Waals surface area (Å²) in [6.07, 6.45) is 12.0. The lowest BCUT2D eigenvalue weighted by molar-refractivity contribution is 0.550. The van der Waals surface area contributed by atoms with Gasteiger partial charge in [-0.3, -0.25) is 0 Å². The van der Waals surface area contributed by atoms with Crippen LogP contribution in [0, 0.1) is 0 Å². The second kappa shape index (κ2) is 7.99. The number of anilines is 1. The average molecular weight is 299 g/mol. The van der Waals surface area contributed by atoms with Gasteiger partial charge in [0.2, 0.25) is 0 Å². The minimum absolute atomic E-state index is 0.824. The number of hydrogen-bond donors (Lipinski definition) is 1. The molecule has 0 atom stereocenters. The third-order valence-corrected chi connectivity index (χ3v) is 4.25. The number of furan rings is 1. The molecule has 22 heavy (non-hydrogen) atoms. The molecule has 2 aromatic rings. The average Bonchev–Trinajstić information content (AvgIpc) is 3.01. The first kappa shape index (κ1) is 15.1. The summed E-state index contributed by atoms with van der Waals surface area (Å²) in [7, 11) is 0. The van der Waals surface area contributed by atoms with Crippen molar-refractivity contribution in [3.05, 3.63) is 48.0 Å². The molecule has 118 valence electrons. The van der Waals surface area contributed by atoms with Gasteiger partial charge < -0.3 is 14.6 Å². The lowest BCUT2D eigenvalue weighted by Crippen LogP contribution is -2.29. The Labute approximate surface area is 132 Å². The molecule has 1 aliphatic rings. The highest BCUT2D eigenvalue weighted by Gasteiger charge is 2.13. The fourth-order valence-corrected chi connectivity index (χ4v) is 3.05. The van der Waals surface area contributed by atoms with Crippen molar-refractivity contribution in [3.8, 4) is 0 Å². The van der Waals surface area contributed by atoms with E-state index >= 15 is 0 Å². The summed E-state index contributed by atoms with van der Waals surface area (Å²) < 4.78 is 5.10. The second-order valence-electron chi connectivity index (χ2n) is 5.98. The van der Waals surface area contributed by atoms with Crippen LogP contribution in [0.1, 0.15) is 43.2 Å². The van der Waals surface area contributed by atoms with Gasteiger partial charge in [-0.05, 0) is 25.0 Å². The normalized spacial score (nSPS) is 16.3. The van der Waals surface area contributed by atoms with E-state index in [1.807, 2.05) is 18.3 Å². The summed E-state index contributed by atoms with van der Waals surface area (Å²) in [5.74, 6) is 1.16. The van der Waals surface area contributed by atoms with E-state index in [1.54, 1.807) is 12.5 Å². The zero-order valence-electron chi connectivity index (χ0n) is 13.1. The molecule has 1 N–H and O–H groups in total. The van der Waals surface area contributed by atoms with Gasteiger partial charge in [-0.1, -0.05) is 25.3 Å². The van der Waals surface area contributed by atoms with E-state index in [9.17, 15) is 0 Å². The third kappa shape index (κ3) is 4.10. The van der Waals surface area contributed by atoms with Gasteiger partial charge in [0.15, 0.2) is 0 Å². The van der Waals surface area contributed by atoms with Crippen molar-refractivity contribution in [2.75, 3.05) is 18.0 Å². The molecule has 0 aliphatic carbocycles. The van der Waals surface area contributed by atoms with E-state index in [0.29, 0.717) is 0 Å². The maximum Gasteiger partial charge on any atom is 0.133 e. The van der Waals surface area contributed by atoms with Crippen molar-refractivity contribution in [2.45, 2.75) is 45.2 Å². The van der Waals surface area contributed by atoms with Gasteiger partial charge in [0.1, 0.15) is 5.82 Å². The smallest absolute Gasteiger partial charge is 0.133 e. The molecule has 1 aliphatic heterocycles. The molecule has 3 rings (SSSR count). The summed E-state index contributed by atoms with van der Waals surface area (Å²) in [5, 5.41) is 3.48. The molecule has 1 fully saturated rings. The summed E-state index contributed by atoms with van der Waals surface area (Å²) in [5.41, 5.74) is 2.46. The monoisotopic (exact) mass is 299 g/mol. The van der Waals surface area contributed by atoms with Crippen molar-refractivity contribution < 1.29 is 4.42 Å². The quantitative estimate of drug-likeness (QED) is 0.913. The largest absolute Gasteiger partial charge is 0.472 e. The van der Waals surface area contributed by atoms with Gasteiger partial charge in [0.05, 0.1) is 12.5 Å². The fraction of sp³-hybridized carbons (Fsp3) is 0.500. The van der Waals surface area contributed by atoms with Crippen LogP contribution in [0.15, 0.2) is 41.3 Å². The Bertz CT molecular complexity index is 545. The zero-order chi connectivity index (χ0) is 15.0. The molecule has 0 bridgehead atoms. The Morgan fingerprint density at radius 1 is 1.05 bits per heavy atom. The Morgan fingerprint density at radius 3 is 2.64 bits per heavy atom. The lowest BCUT2D eigenvalue weighted by Gasteiger charge is -2.27. The predicted octanol–water partition coefficient (Wildman–Crippen LogP) is 3.73. The summed E-state index contributed by atoms with van der Waals surface area (Å²) in [6, 6.07) is 6.21. The SMILES string of the molecule is c1cnc(N2CCCCCCC2)c(CNCc2ccoc2)c1. The van der Waals surface area contributed by atoms with E-state index < -0.39 is 0 Å². The van der Waals surface area contributed by atoms with Crippen LogP contribution < -0.4 is 10.2 Å². The molecule has 0 radical (unpaired) electrons. The van der Waals surface area contributed by atoms with Crippen LogP contribution in [0.5, 0.6) is 0 Å². The summed E-state index contributed by atoms with van der Waals surface area (Å²) in [6.45, 7) is 3.92. The molecular weight excluding hydrogens is 274 g/mol. The standard InChI is InChI=1S/C18H25N3O/c1-2-4-10-21(11-5-3-1)18-17(7-6-9-20-18)14-19-13-16-8-12-22-15-16/h6-9,12,15,19H,1-5,10-11,13-14H2. The molecule has 0 spiro atoms. The van der Waals surface area contributed by atoms with Gasteiger partial charge in [0.25, 0.3) is 0 Å². The van der Waals surface area contributed by atoms with Crippen LogP contribution in [0.25, 0.3) is 0 Å². The van der Waals surface area contributed by atoms with Crippen molar-refractivity contribution in [1.29, 1.82) is 0 Å². The number of hydrogen-bond acceptors (Lipinski definition) is 4. The van der Waals surface area contributed by atoms with Crippen molar-refractivity contribution >= 4 is 5.82 Å². The molecule has 0 saturated carbocycles. The van der Waals surface area contributed by atoms with Crippen molar-refractivity contribution in [1.82, 2.24) is 10.3 Å². The highest BCUT2D eigenvalue weighted by Crippen LogP contribution is 2.21. The number of rotatable bonds is 5. The minimum atomic E-state index is 0.824. The Hall–Kier alpha value is -1.81. The second-order valence-corrected chi connectivity index (χ2v) is 5.98. The van der Waals surface area contributed by atoms with E-state index in [4.69, 9.17) is 4.42 Å². The molecule has 0 aromatic carbocycles. The zero-order valence-corrected chi connectivity index (χ0v) is 13.1. The van der Waals surface area contributed by atoms with Crippen molar-refractivity contribution in [3.63, 3.8) is 0 Å². The van der Waals surface area contributed by atoms with Gasteiger partial charge in [-0.15, -0.1) is 0 Å². The topological polar surface area (TPSA) is 41.3 Å². The minimum Gasteiger partial charge on any atom is -0.472 e. The van der Waals surface area contributed by atoms with Gasteiger partial charge in [0, 0.05) is 43.5 Å². The van der Waals surface area contributed by atoms with E-state index in [2.05, 4.69) is 21.3 Å². The van der Waals surface area contributed by atoms with Gasteiger partial charge >= 0.3 is 0 Å². The fourth-order valence-electron chi connectivity index (χ4n) is 3.05.